The maximum atomic E-state index is 13.5. The van der Waals surface area contributed by atoms with Crippen LogP contribution in [0, 0.1) is 5.82 Å². The average Bonchev–Trinajstić information content (AvgIpc) is 2.43. The van der Waals surface area contributed by atoms with E-state index in [1.54, 1.807) is 6.07 Å². The number of ether oxygens (including phenoxy) is 1. The molecule has 106 valence electrons. The molecule has 0 saturated heterocycles. The van der Waals surface area contributed by atoms with Gasteiger partial charge in [0.15, 0.2) is 17.3 Å². The molecule has 0 aliphatic rings. The average molecular weight is 296 g/mol. The molecule has 5 nitrogen and oxygen atoms in total. The SMILES string of the molecule is CNS(=O)(=O)c1ccc(N)c(Oc2ccccc2F)c1. The third-order valence-electron chi connectivity index (χ3n) is 2.62. The summed E-state index contributed by atoms with van der Waals surface area (Å²) in [6.45, 7) is 0. The largest absolute Gasteiger partial charge is 0.452 e. The standard InChI is InChI=1S/C13H13FN2O3S/c1-16-20(17,18)9-6-7-11(15)13(8-9)19-12-5-3-2-4-10(12)14/h2-8,16H,15H2,1H3. The number of hydrogen-bond acceptors (Lipinski definition) is 4. The highest BCUT2D eigenvalue weighted by atomic mass is 32.2. The fourth-order valence-electron chi connectivity index (χ4n) is 1.53. The van der Waals surface area contributed by atoms with Crippen LogP contribution in [0.2, 0.25) is 0 Å². The molecule has 0 heterocycles. The Bertz CT molecular complexity index is 732. The van der Waals surface area contributed by atoms with Crippen LogP contribution in [-0.4, -0.2) is 15.5 Å². The number of benzene rings is 2. The van der Waals surface area contributed by atoms with Gasteiger partial charge in [-0.15, -0.1) is 0 Å². The molecule has 7 heteroatoms. The maximum absolute atomic E-state index is 13.5. The second kappa shape index (κ2) is 5.48. The quantitative estimate of drug-likeness (QED) is 0.847. The number of nitrogens with two attached hydrogens (primary N) is 1. The van der Waals surface area contributed by atoms with Crippen molar-refractivity contribution in [2.45, 2.75) is 4.90 Å². The molecule has 0 atom stereocenters. The van der Waals surface area contributed by atoms with E-state index in [2.05, 4.69) is 4.72 Å². The highest BCUT2D eigenvalue weighted by molar-refractivity contribution is 7.89. The van der Waals surface area contributed by atoms with E-state index in [4.69, 9.17) is 10.5 Å². The smallest absolute Gasteiger partial charge is 0.240 e. The Morgan fingerprint density at radius 2 is 1.85 bits per heavy atom. The Balaban J connectivity index is 2.42. The van der Waals surface area contributed by atoms with Crippen molar-refractivity contribution in [1.82, 2.24) is 4.72 Å². The molecule has 0 saturated carbocycles. The third-order valence-corrected chi connectivity index (χ3v) is 4.03. The van der Waals surface area contributed by atoms with Crippen molar-refractivity contribution >= 4 is 15.7 Å². The summed E-state index contributed by atoms with van der Waals surface area (Å²) in [4.78, 5) is -0.0134. The lowest BCUT2D eigenvalue weighted by molar-refractivity contribution is 0.443. The van der Waals surface area contributed by atoms with Gasteiger partial charge in [0, 0.05) is 6.07 Å². The van der Waals surface area contributed by atoms with E-state index >= 15 is 0 Å². The van der Waals surface area contributed by atoms with Gasteiger partial charge in [-0.2, -0.15) is 0 Å². The van der Waals surface area contributed by atoms with Crippen LogP contribution in [0.15, 0.2) is 47.4 Å². The lowest BCUT2D eigenvalue weighted by Crippen LogP contribution is -2.18. The molecule has 0 unspecified atom stereocenters. The van der Waals surface area contributed by atoms with Gasteiger partial charge in [0.1, 0.15) is 0 Å². The summed E-state index contributed by atoms with van der Waals surface area (Å²) in [6, 6.07) is 9.76. The topological polar surface area (TPSA) is 81.4 Å². The van der Waals surface area contributed by atoms with Crippen LogP contribution in [0.4, 0.5) is 10.1 Å². The Hall–Kier alpha value is -2.12. The minimum atomic E-state index is -3.62. The van der Waals surface area contributed by atoms with Gasteiger partial charge in [0.25, 0.3) is 0 Å². The van der Waals surface area contributed by atoms with E-state index in [1.807, 2.05) is 0 Å². The molecule has 0 amide bonds. The molecule has 0 bridgehead atoms. The van der Waals surface area contributed by atoms with E-state index in [0.717, 1.165) is 0 Å². The van der Waals surface area contributed by atoms with E-state index < -0.39 is 15.8 Å². The second-order valence-corrected chi connectivity index (χ2v) is 5.83. The summed E-state index contributed by atoms with van der Waals surface area (Å²) in [7, 11) is -2.32. The van der Waals surface area contributed by atoms with Crippen LogP contribution >= 0.6 is 0 Å². The van der Waals surface area contributed by atoms with E-state index in [-0.39, 0.29) is 22.1 Å². The Kier molecular flexibility index (Phi) is 3.91. The van der Waals surface area contributed by atoms with E-state index in [0.29, 0.717) is 0 Å². The van der Waals surface area contributed by atoms with Gasteiger partial charge in [-0.1, -0.05) is 12.1 Å². The molecule has 0 fully saturated rings. The summed E-state index contributed by atoms with van der Waals surface area (Å²) < 4.78 is 44.4. The van der Waals surface area contributed by atoms with Crippen molar-refractivity contribution in [3.63, 3.8) is 0 Å². The van der Waals surface area contributed by atoms with Crippen LogP contribution < -0.4 is 15.2 Å². The molecule has 2 aromatic carbocycles. The molecule has 0 aromatic heterocycles. The molecule has 0 spiro atoms. The first-order valence-corrected chi connectivity index (χ1v) is 7.18. The first kappa shape index (κ1) is 14.3. The number of rotatable bonds is 4. The van der Waals surface area contributed by atoms with Gasteiger partial charge in [-0.25, -0.2) is 17.5 Å². The lowest BCUT2D eigenvalue weighted by Gasteiger charge is -2.11. The van der Waals surface area contributed by atoms with Crippen LogP contribution in [0.5, 0.6) is 11.5 Å². The van der Waals surface area contributed by atoms with Crippen molar-refractivity contribution in [3.05, 3.63) is 48.3 Å². The van der Waals surface area contributed by atoms with Crippen molar-refractivity contribution in [2.75, 3.05) is 12.8 Å². The third kappa shape index (κ3) is 2.89. The van der Waals surface area contributed by atoms with Crippen molar-refractivity contribution in [2.24, 2.45) is 0 Å². The molecule has 3 N–H and O–H groups in total. The Morgan fingerprint density at radius 1 is 1.15 bits per heavy atom. The molecule has 20 heavy (non-hydrogen) atoms. The van der Waals surface area contributed by atoms with Crippen LogP contribution in [-0.2, 0) is 10.0 Å². The first-order valence-electron chi connectivity index (χ1n) is 5.69. The van der Waals surface area contributed by atoms with Crippen molar-refractivity contribution in [1.29, 1.82) is 0 Å². The highest BCUT2D eigenvalue weighted by Crippen LogP contribution is 2.31. The number of sulfonamides is 1. The normalized spacial score (nSPS) is 11.3. The highest BCUT2D eigenvalue weighted by Gasteiger charge is 2.15. The zero-order chi connectivity index (χ0) is 14.8. The second-order valence-electron chi connectivity index (χ2n) is 3.94. The molecule has 0 aliphatic heterocycles. The zero-order valence-electron chi connectivity index (χ0n) is 10.6. The van der Waals surface area contributed by atoms with Crippen LogP contribution in [0.25, 0.3) is 0 Å². The number of anilines is 1. The summed E-state index contributed by atoms with van der Waals surface area (Å²) >= 11 is 0. The van der Waals surface area contributed by atoms with E-state index in [1.165, 1.54) is 43.4 Å². The van der Waals surface area contributed by atoms with Gasteiger partial charge < -0.3 is 10.5 Å². The van der Waals surface area contributed by atoms with Gasteiger partial charge in [0.05, 0.1) is 10.6 Å². The molecule has 2 rings (SSSR count). The minimum Gasteiger partial charge on any atom is -0.452 e. The lowest BCUT2D eigenvalue weighted by atomic mass is 10.3. The maximum Gasteiger partial charge on any atom is 0.240 e. The van der Waals surface area contributed by atoms with Crippen molar-refractivity contribution in [3.8, 4) is 11.5 Å². The predicted molar refractivity (Wildman–Crippen MR) is 73.6 cm³/mol. The van der Waals surface area contributed by atoms with E-state index in [9.17, 15) is 12.8 Å². The summed E-state index contributed by atoms with van der Waals surface area (Å²) in [5.74, 6) is -0.515. The van der Waals surface area contributed by atoms with Gasteiger partial charge in [0.2, 0.25) is 10.0 Å². The number of nitrogen functional groups attached to an aromatic ring is 1. The first-order chi connectivity index (χ1) is 9.44. The molecule has 0 aliphatic carbocycles. The van der Waals surface area contributed by atoms with Gasteiger partial charge >= 0.3 is 0 Å². The molecule has 2 aromatic rings. The fourth-order valence-corrected chi connectivity index (χ4v) is 2.28. The summed E-state index contributed by atoms with van der Waals surface area (Å²) in [5, 5.41) is 0. The van der Waals surface area contributed by atoms with Crippen LogP contribution in [0.1, 0.15) is 0 Å². The Labute approximate surface area is 116 Å². The molecule has 0 radical (unpaired) electrons. The number of hydrogen-bond donors (Lipinski definition) is 2. The zero-order valence-corrected chi connectivity index (χ0v) is 11.4. The molecular weight excluding hydrogens is 283 g/mol. The van der Waals surface area contributed by atoms with Gasteiger partial charge in [-0.3, -0.25) is 0 Å². The van der Waals surface area contributed by atoms with Crippen LogP contribution in [0.3, 0.4) is 0 Å². The minimum absolute atomic E-state index is 0.0134. The van der Waals surface area contributed by atoms with Crippen molar-refractivity contribution < 1.29 is 17.5 Å². The summed E-state index contributed by atoms with van der Waals surface area (Å²) in [5.41, 5.74) is 5.92. The molecular formula is C13H13FN2O3S. The number of para-hydroxylation sites is 1. The fraction of sp³-hybridized carbons (Fsp3) is 0.0769. The number of nitrogens with one attached hydrogen (secondary N) is 1. The number of halogens is 1. The Morgan fingerprint density at radius 3 is 2.50 bits per heavy atom. The van der Waals surface area contributed by atoms with Gasteiger partial charge in [-0.05, 0) is 31.3 Å². The predicted octanol–water partition coefficient (Wildman–Crippen LogP) is 2.11. The summed E-state index contributed by atoms with van der Waals surface area (Å²) in [6.07, 6.45) is 0. The monoisotopic (exact) mass is 296 g/mol.